The number of hydrogen-bond donors (Lipinski definition) is 2. The van der Waals surface area contributed by atoms with Crippen LogP contribution in [0, 0.1) is 11.3 Å². The molecule has 0 spiro atoms. The number of nitriles is 1. The summed E-state index contributed by atoms with van der Waals surface area (Å²) in [5.74, 6) is 0.0252. The smallest absolute Gasteiger partial charge is 0.433 e. The first kappa shape index (κ1) is 30.7. The van der Waals surface area contributed by atoms with Gasteiger partial charge in [-0.25, -0.2) is 4.98 Å². The number of aliphatic hydroxyl groups is 1. The first-order valence-corrected chi connectivity index (χ1v) is 13.6. The molecule has 1 atom stereocenters. The summed E-state index contributed by atoms with van der Waals surface area (Å²) in [4.78, 5) is 25.5. The summed E-state index contributed by atoms with van der Waals surface area (Å²) >= 11 is 0. The maximum atomic E-state index is 14.1. The van der Waals surface area contributed by atoms with Crippen molar-refractivity contribution < 1.29 is 27.8 Å². The van der Waals surface area contributed by atoms with Gasteiger partial charge in [0.2, 0.25) is 0 Å². The minimum atomic E-state index is -4.73. The molecule has 0 fully saturated rings. The summed E-state index contributed by atoms with van der Waals surface area (Å²) in [6, 6.07) is 7.85. The molecule has 222 valence electrons. The van der Waals surface area contributed by atoms with Crippen LogP contribution in [0.25, 0.3) is 11.1 Å². The third-order valence-electron chi connectivity index (χ3n) is 7.34. The number of aromatic nitrogens is 2. The predicted molar refractivity (Wildman–Crippen MR) is 151 cm³/mol. The summed E-state index contributed by atoms with van der Waals surface area (Å²) in [7, 11) is 1.83. The number of hydrogen-bond acceptors (Lipinski definition) is 8. The fourth-order valence-electron chi connectivity index (χ4n) is 5.15. The molecule has 4 rings (SSSR count). The van der Waals surface area contributed by atoms with Crippen LogP contribution < -0.4 is 10.5 Å². The van der Waals surface area contributed by atoms with Crippen LogP contribution in [-0.2, 0) is 19.0 Å². The molecule has 1 unspecified atom stereocenters. The summed E-state index contributed by atoms with van der Waals surface area (Å²) < 4.78 is 47.8. The number of nitrogen functional groups attached to an aromatic ring is 1. The van der Waals surface area contributed by atoms with Gasteiger partial charge in [0.25, 0.3) is 5.91 Å². The van der Waals surface area contributed by atoms with Crippen LogP contribution in [0.4, 0.5) is 18.9 Å². The Labute approximate surface area is 242 Å². The van der Waals surface area contributed by atoms with Gasteiger partial charge >= 0.3 is 6.18 Å². The molecule has 2 aromatic heterocycles. The molecule has 3 aromatic rings. The van der Waals surface area contributed by atoms with E-state index in [0.717, 1.165) is 6.20 Å². The number of likely N-dealkylation sites (N-methyl/N-ethyl adjacent to an activating group) is 1. The zero-order chi connectivity index (χ0) is 30.6. The van der Waals surface area contributed by atoms with Gasteiger partial charge in [-0.3, -0.25) is 9.78 Å². The number of halogens is 3. The SMILES string of the molecule is CCOc1cc(C(C)N2CCc3c(cc(CCN(C)CCO)cc3-c3cc(N)cnc3C(F)(F)F)C2=O)ncc1C#N. The average molecular weight is 583 g/mol. The molecule has 1 aromatic carbocycles. The van der Waals surface area contributed by atoms with Crippen molar-refractivity contribution in [3.05, 3.63) is 70.3 Å². The van der Waals surface area contributed by atoms with Crippen LogP contribution in [-0.4, -0.2) is 70.7 Å². The number of carbonyl (C=O) groups excluding carboxylic acids is 1. The Bertz CT molecular complexity index is 1500. The number of alkyl halides is 3. The number of benzene rings is 1. The second kappa shape index (κ2) is 12.8. The van der Waals surface area contributed by atoms with E-state index in [-0.39, 0.29) is 41.4 Å². The molecular weight excluding hydrogens is 549 g/mol. The Morgan fingerprint density at radius 2 is 1.90 bits per heavy atom. The topological polar surface area (TPSA) is 129 Å². The highest BCUT2D eigenvalue weighted by molar-refractivity contribution is 5.99. The van der Waals surface area contributed by atoms with E-state index in [0.29, 0.717) is 60.7 Å². The van der Waals surface area contributed by atoms with Crippen LogP contribution in [0.1, 0.15) is 58.3 Å². The van der Waals surface area contributed by atoms with E-state index in [9.17, 15) is 28.3 Å². The van der Waals surface area contributed by atoms with Crippen molar-refractivity contribution in [2.24, 2.45) is 0 Å². The summed E-state index contributed by atoms with van der Waals surface area (Å²) in [6.45, 7) is 5.11. The van der Waals surface area contributed by atoms with E-state index in [4.69, 9.17) is 10.5 Å². The van der Waals surface area contributed by atoms with Crippen molar-refractivity contribution in [2.45, 2.75) is 38.9 Å². The molecule has 9 nitrogen and oxygen atoms in total. The predicted octanol–water partition coefficient (Wildman–Crippen LogP) is 4.24. The van der Waals surface area contributed by atoms with Gasteiger partial charge in [-0.05, 0) is 62.6 Å². The van der Waals surface area contributed by atoms with Crippen molar-refractivity contribution in [3.8, 4) is 22.9 Å². The normalized spacial score (nSPS) is 14.1. The van der Waals surface area contributed by atoms with Gasteiger partial charge in [-0.15, -0.1) is 0 Å². The Kier molecular flexibility index (Phi) is 9.33. The summed E-state index contributed by atoms with van der Waals surface area (Å²) in [6.07, 6.45) is -1.62. The Morgan fingerprint density at radius 1 is 1.17 bits per heavy atom. The zero-order valence-electron chi connectivity index (χ0n) is 23.7. The summed E-state index contributed by atoms with van der Waals surface area (Å²) in [5, 5.41) is 18.6. The lowest BCUT2D eigenvalue weighted by atomic mass is 9.86. The Morgan fingerprint density at radius 3 is 2.57 bits per heavy atom. The van der Waals surface area contributed by atoms with E-state index in [1.807, 2.05) is 24.9 Å². The molecule has 0 saturated carbocycles. The highest BCUT2D eigenvalue weighted by atomic mass is 19.4. The standard InChI is InChI=1S/C30H33F3N6O3/c1-4-42-27-14-26(36-16-20(27)15-34)18(2)39-8-6-22-23(24-13-21(35)17-37-28(24)30(31,32)33)11-19(12-25(22)29(39)41)5-7-38(3)9-10-40/h11-14,16-18,40H,4-10,35H2,1-3H3. The fraction of sp³-hybridized carbons (Fsp3) is 0.400. The van der Waals surface area contributed by atoms with Gasteiger partial charge in [-0.2, -0.15) is 18.4 Å². The Hall–Kier alpha value is -4.21. The number of nitrogens with two attached hydrogens (primary N) is 1. The maximum Gasteiger partial charge on any atom is 0.433 e. The average Bonchev–Trinajstić information content (AvgIpc) is 2.95. The van der Waals surface area contributed by atoms with Crippen molar-refractivity contribution in [3.63, 3.8) is 0 Å². The lowest BCUT2D eigenvalue weighted by Crippen LogP contribution is -2.40. The van der Waals surface area contributed by atoms with Crippen molar-refractivity contribution in [1.29, 1.82) is 5.26 Å². The van der Waals surface area contributed by atoms with Gasteiger partial charge in [0, 0.05) is 43.0 Å². The third-order valence-corrected chi connectivity index (χ3v) is 7.34. The van der Waals surface area contributed by atoms with Crippen LogP contribution in [0.5, 0.6) is 5.75 Å². The highest BCUT2D eigenvalue weighted by Crippen LogP contribution is 2.41. The molecule has 0 saturated heterocycles. The molecule has 1 aliphatic heterocycles. The molecule has 42 heavy (non-hydrogen) atoms. The number of amides is 1. The first-order valence-electron chi connectivity index (χ1n) is 13.6. The lowest BCUT2D eigenvalue weighted by Gasteiger charge is -2.35. The number of fused-ring (bicyclic) bond motifs is 1. The summed E-state index contributed by atoms with van der Waals surface area (Å²) in [5.41, 5.74) is 7.27. The third kappa shape index (κ3) is 6.48. The molecule has 0 radical (unpaired) electrons. The van der Waals surface area contributed by atoms with Crippen LogP contribution in [0.2, 0.25) is 0 Å². The molecule has 3 N–H and O–H groups in total. The minimum Gasteiger partial charge on any atom is -0.492 e. The molecule has 3 heterocycles. The monoisotopic (exact) mass is 582 g/mol. The quantitative estimate of drug-likeness (QED) is 0.363. The number of pyridine rings is 2. The Balaban J connectivity index is 1.80. The van der Waals surface area contributed by atoms with Crippen LogP contribution >= 0.6 is 0 Å². The minimum absolute atomic E-state index is 0.0322. The maximum absolute atomic E-state index is 14.1. The van der Waals surface area contributed by atoms with E-state index in [2.05, 4.69) is 9.97 Å². The molecule has 1 aliphatic rings. The fourth-order valence-corrected chi connectivity index (χ4v) is 5.15. The van der Waals surface area contributed by atoms with E-state index in [1.165, 1.54) is 12.3 Å². The molecule has 0 bridgehead atoms. The van der Waals surface area contributed by atoms with Gasteiger partial charge in [-0.1, -0.05) is 6.07 Å². The molecular formula is C30H33F3N6O3. The second-order valence-corrected chi connectivity index (χ2v) is 10.2. The molecule has 12 heteroatoms. The van der Waals surface area contributed by atoms with Crippen molar-refractivity contribution >= 4 is 11.6 Å². The number of carbonyl (C=O) groups is 1. The highest BCUT2D eigenvalue weighted by Gasteiger charge is 2.38. The van der Waals surface area contributed by atoms with Gasteiger partial charge in [0.15, 0.2) is 5.69 Å². The lowest BCUT2D eigenvalue weighted by molar-refractivity contribution is -0.140. The van der Waals surface area contributed by atoms with Gasteiger partial charge in [0.1, 0.15) is 17.4 Å². The second-order valence-electron chi connectivity index (χ2n) is 10.2. The number of rotatable bonds is 10. The number of ether oxygens (including phenoxy) is 1. The number of aliphatic hydroxyl groups excluding tert-OH is 1. The molecule has 1 amide bonds. The molecule has 0 aliphatic carbocycles. The van der Waals surface area contributed by atoms with E-state index in [1.54, 1.807) is 30.0 Å². The van der Waals surface area contributed by atoms with Gasteiger partial charge in [0.05, 0.1) is 36.8 Å². The van der Waals surface area contributed by atoms with Crippen molar-refractivity contribution in [2.75, 3.05) is 45.6 Å². The van der Waals surface area contributed by atoms with Crippen molar-refractivity contribution in [1.82, 2.24) is 19.8 Å². The van der Waals surface area contributed by atoms with Crippen LogP contribution in [0.15, 0.2) is 36.7 Å². The number of nitrogens with zero attached hydrogens (tertiary/aromatic N) is 5. The van der Waals surface area contributed by atoms with E-state index >= 15 is 0 Å². The van der Waals surface area contributed by atoms with Crippen LogP contribution in [0.3, 0.4) is 0 Å². The largest absolute Gasteiger partial charge is 0.492 e. The zero-order valence-corrected chi connectivity index (χ0v) is 23.7. The first-order chi connectivity index (χ1) is 20.0. The van der Waals surface area contributed by atoms with Gasteiger partial charge < -0.3 is 25.4 Å². The number of anilines is 1. The van der Waals surface area contributed by atoms with E-state index < -0.39 is 17.9 Å².